The molecule has 0 aromatic carbocycles. The van der Waals surface area contributed by atoms with E-state index in [1.54, 1.807) is 4.68 Å². The molecule has 2 aromatic heterocycles. The number of likely N-dealkylation sites (tertiary alicyclic amines) is 1. The molecular formula is C26H43Cl3N6O. The fourth-order valence-electron chi connectivity index (χ4n) is 6.01. The summed E-state index contributed by atoms with van der Waals surface area (Å²) in [6.07, 6.45) is 14.1. The lowest BCUT2D eigenvalue weighted by atomic mass is 9.88. The summed E-state index contributed by atoms with van der Waals surface area (Å²) in [4.78, 5) is 23.0. The fraction of sp³-hybridized carbons (Fsp3) is 0.731. The number of nitrogens with one attached hydrogen (secondary N) is 1. The molecule has 4 heterocycles. The van der Waals surface area contributed by atoms with Crippen molar-refractivity contribution < 1.29 is 4.79 Å². The molecule has 0 spiro atoms. The van der Waals surface area contributed by atoms with Crippen molar-refractivity contribution in [3.63, 3.8) is 0 Å². The van der Waals surface area contributed by atoms with Crippen molar-refractivity contribution in [3.8, 4) is 0 Å². The summed E-state index contributed by atoms with van der Waals surface area (Å²) >= 11 is 0. The number of carbonyl (C=O) groups is 1. The lowest BCUT2D eigenvalue weighted by molar-refractivity contribution is 0.0897. The summed E-state index contributed by atoms with van der Waals surface area (Å²) in [6.45, 7) is 5.54. The predicted octanol–water partition coefficient (Wildman–Crippen LogP) is 5.39. The second-order valence-corrected chi connectivity index (χ2v) is 10.5. The molecule has 1 saturated carbocycles. The largest absolute Gasteiger partial charge is 0.357 e. The highest BCUT2D eigenvalue weighted by atomic mass is 35.5. The second-order valence-electron chi connectivity index (χ2n) is 10.5. The quantitative estimate of drug-likeness (QED) is 0.530. The maximum Gasteiger partial charge on any atom is 0.272 e. The maximum atomic E-state index is 13.1. The third-order valence-electron chi connectivity index (χ3n) is 7.98. The molecular weight excluding hydrogens is 519 g/mol. The van der Waals surface area contributed by atoms with E-state index in [1.165, 1.54) is 64.3 Å². The molecule has 204 valence electrons. The van der Waals surface area contributed by atoms with Crippen LogP contribution in [0.2, 0.25) is 0 Å². The number of halogens is 3. The number of carbonyl (C=O) groups excluding carboxylic acids is 1. The molecule has 7 nitrogen and oxygen atoms in total. The zero-order valence-corrected chi connectivity index (χ0v) is 23.9. The Kier molecular flexibility index (Phi) is 12.6. The number of hydrogen-bond acceptors (Lipinski definition) is 5. The molecule has 0 bridgehead atoms. The Morgan fingerprint density at radius 2 is 1.53 bits per heavy atom. The predicted molar refractivity (Wildman–Crippen MR) is 154 cm³/mol. The Bertz CT molecular complexity index is 949. The molecule has 5 rings (SSSR count). The molecule has 0 atom stereocenters. The van der Waals surface area contributed by atoms with Gasteiger partial charge in [-0.1, -0.05) is 32.1 Å². The molecule has 2 aliphatic heterocycles. The average molecular weight is 562 g/mol. The van der Waals surface area contributed by atoms with Crippen molar-refractivity contribution in [3.05, 3.63) is 17.8 Å². The Balaban J connectivity index is 0.00000152. The zero-order valence-electron chi connectivity index (χ0n) is 21.5. The van der Waals surface area contributed by atoms with Gasteiger partial charge in [-0.15, -0.1) is 37.2 Å². The molecule has 3 fully saturated rings. The summed E-state index contributed by atoms with van der Waals surface area (Å²) in [6, 6.07) is 4.34. The van der Waals surface area contributed by atoms with E-state index in [0.29, 0.717) is 5.69 Å². The number of amides is 1. The molecule has 1 aliphatic carbocycles. The number of anilines is 1. The Hall–Kier alpha value is -1.28. The Morgan fingerprint density at radius 1 is 0.889 bits per heavy atom. The third kappa shape index (κ3) is 7.40. The molecule has 2 aromatic rings. The van der Waals surface area contributed by atoms with Crippen LogP contribution in [0, 0.1) is 5.92 Å². The van der Waals surface area contributed by atoms with Crippen LogP contribution < -0.4 is 10.2 Å². The normalized spacial score (nSPS) is 20.1. The molecule has 1 amide bonds. The third-order valence-corrected chi connectivity index (χ3v) is 7.98. The van der Waals surface area contributed by atoms with E-state index in [0.717, 1.165) is 61.8 Å². The Morgan fingerprint density at radius 3 is 2.19 bits per heavy atom. The van der Waals surface area contributed by atoms with Gasteiger partial charge in [-0.3, -0.25) is 4.79 Å². The van der Waals surface area contributed by atoms with Crippen molar-refractivity contribution in [2.45, 2.75) is 76.7 Å². The van der Waals surface area contributed by atoms with Gasteiger partial charge in [0.25, 0.3) is 5.91 Å². The van der Waals surface area contributed by atoms with Gasteiger partial charge in [-0.25, -0.2) is 9.67 Å². The van der Waals surface area contributed by atoms with Crippen molar-refractivity contribution >= 4 is 60.0 Å². The van der Waals surface area contributed by atoms with E-state index in [1.807, 2.05) is 13.1 Å². The number of fused-ring (bicyclic) bond motifs is 1. The lowest BCUT2D eigenvalue weighted by Gasteiger charge is -2.35. The summed E-state index contributed by atoms with van der Waals surface area (Å²) in [5, 5.41) is 8.69. The highest BCUT2D eigenvalue weighted by molar-refractivity contribution is 6.04. The van der Waals surface area contributed by atoms with Gasteiger partial charge in [0.2, 0.25) is 0 Å². The summed E-state index contributed by atoms with van der Waals surface area (Å²) in [5.41, 5.74) is 1.30. The van der Waals surface area contributed by atoms with E-state index in [2.05, 4.69) is 26.3 Å². The summed E-state index contributed by atoms with van der Waals surface area (Å²) < 4.78 is 1.76. The maximum absolute atomic E-state index is 13.1. The van der Waals surface area contributed by atoms with Crippen LogP contribution in [0.3, 0.4) is 0 Å². The average Bonchev–Trinajstić information content (AvgIpc) is 3.00. The molecule has 1 N–H and O–H groups in total. The number of rotatable bonds is 5. The summed E-state index contributed by atoms with van der Waals surface area (Å²) in [7, 11) is 1.89. The lowest BCUT2D eigenvalue weighted by Crippen LogP contribution is -2.46. The van der Waals surface area contributed by atoms with Crippen molar-refractivity contribution in [1.29, 1.82) is 0 Å². The summed E-state index contributed by atoms with van der Waals surface area (Å²) in [5.74, 6) is 1.83. The van der Waals surface area contributed by atoms with Crippen molar-refractivity contribution in [2.24, 2.45) is 13.0 Å². The van der Waals surface area contributed by atoms with Gasteiger partial charge in [0.05, 0.1) is 5.39 Å². The van der Waals surface area contributed by atoms with Gasteiger partial charge < -0.3 is 15.1 Å². The first-order chi connectivity index (χ1) is 16.2. The van der Waals surface area contributed by atoms with Gasteiger partial charge in [-0.05, 0) is 56.6 Å². The van der Waals surface area contributed by atoms with Crippen LogP contribution in [-0.2, 0) is 7.05 Å². The molecule has 3 aliphatic rings. The monoisotopic (exact) mass is 560 g/mol. The van der Waals surface area contributed by atoms with Gasteiger partial charge >= 0.3 is 0 Å². The van der Waals surface area contributed by atoms with E-state index < -0.39 is 0 Å². The standard InChI is InChI=1S/C26H40N6O.3ClH/c1-30-25-22(11-12-23(28-25)32-15-7-2-3-8-16-32)24(29-30)26(33)27-21-13-17-31(18-14-21)19-20-9-5-4-6-10-20;;;/h11-12,20-21H,2-10,13-19H2,1H3,(H,27,33);3*1H. The minimum absolute atomic E-state index is 0. The van der Waals surface area contributed by atoms with Crippen LogP contribution in [0.15, 0.2) is 12.1 Å². The van der Waals surface area contributed by atoms with E-state index in [9.17, 15) is 4.79 Å². The van der Waals surface area contributed by atoms with Crippen LogP contribution >= 0.6 is 37.2 Å². The van der Waals surface area contributed by atoms with Gasteiger partial charge in [0.15, 0.2) is 11.3 Å². The van der Waals surface area contributed by atoms with E-state index >= 15 is 0 Å². The SMILES string of the molecule is Cl.Cl.Cl.Cn1nc(C(=O)NC2CCN(CC3CCCCC3)CC2)c2ccc(N3CCCCCC3)nc21. The fourth-order valence-corrected chi connectivity index (χ4v) is 6.01. The molecule has 10 heteroatoms. The van der Waals surface area contributed by atoms with Crippen LogP contribution in [0.1, 0.15) is 81.1 Å². The van der Waals surface area contributed by atoms with Gasteiger partial charge in [-0.2, -0.15) is 5.10 Å². The van der Waals surface area contributed by atoms with Crippen molar-refractivity contribution in [1.82, 2.24) is 25.0 Å². The van der Waals surface area contributed by atoms with E-state index in [4.69, 9.17) is 4.98 Å². The topological polar surface area (TPSA) is 66.3 Å². The van der Waals surface area contributed by atoms with Crippen LogP contribution in [0.25, 0.3) is 11.0 Å². The number of pyridine rings is 1. The minimum atomic E-state index is -0.0596. The molecule has 0 unspecified atom stereocenters. The van der Waals surface area contributed by atoms with Crippen molar-refractivity contribution in [2.75, 3.05) is 37.6 Å². The van der Waals surface area contributed by atoms with Gasteiger partial charge in [0.1, 0.15) is 5.82 Å². The van der Waals surface area contributed by atoms with Crippen LogP contribution in [0.5, 0.6) is 0 Å². The second kappa shape index (κ2) is 14.6. The number of aromatic nitrogens is 3. The number of piperidine rings is 1. The molecule has 0 radical (unpaired) electrons. The minimum Gasteiger partial charge on any atom is -0.357 e. The number of aryl methyl sites for hydroxylation is 1. The van der Waals surface area contributed by atoms with E-state index in [-0.39, 0.29) is 49.2 Å². The smallest absolute Gasteiger partial charge is 0.272 e. The number of nitrogens with zero attached hydrogens (tertiary/aromatic N) is 5. The van der Waals surface area contributed by atoms with Crippen LogP contribution in [0.4, 0.5) is 5.82 Å². The zero-order chi connectivity index (χ0) is 22.6. The number of hydrogen-bond donors (Lipinski definition) is 1. The van der Waals surface area contributed by atoms with Gasteiger partial charge in [0, 0.05) is 45.8 Å². The highest BCUT2D eigenvalue weighted by Crippen LogP contribution is 2.26. The Labute approximate surface area is 234 Å². The first-order valence-electron chi connectivity index (χ1n) is 13.3. The first kappa shape index (κ1) is 30.9. The molecule has 36 heavy (non-hydrogen) atoms. The first-order valence-corrected chi connectivity index (χ1v) is 13.3. The van der Waals surface area contributed by atoms with Crippen LogP contribution in [-0.4, -0.2) is 64.3 Å². The molecule has 2 saturated heterocycles. The highest BCUT2D eigenvalue weighted by Gasteiger charge is 2.26.